The van der Waals surface area contributed by atoms with Gasteiger partial charge < -0.3 is 0 Å². The molecule has 1 rings (SSSR count). The quantitative estimate of drug-likeness (QED) is 0.429. The van der Waals surface area contributed by atoms with E-state index in [-0.39, 0.29) is 29.6 Å². The van der Waals surface area contributed by atoms with Gasteiger partial charge in [-0.25, -0.2) is 4.98 Å². The van der Waals surface area contributed by atoms with E-state index in [4.69, 9.17) is 0 Å². The second-order valence-corrected chi connectivity index (χ2v) is 1.90. The molecule has 0 aliphatic heterocycles. The fourth-order valence-electron chi connectivity index (χ4n) is 0.307. The average molecular weight is 181 g/mol. The summed E-state index contributed by atoms with van der Waals surface area (Å²) in [5.74, 6) is 0. The third-order valence-corrected chi connectivity index (χ3v) is 1.02. The molecule has 0 aliphatic rings. The molecule has 0 spiro atoms. The topological polar surface area (TPSA) is 12.9 Å². The Morgan fingerprint density at radius 3 is 2.62 bits per heavy atom. The first-order valence-corrected chi connectivity index (χ1v) is 2.67. The molecule has 0 bridgehead atoms. The third-order valence-electron chi connectivity index (χ3n) is 0.576. The van der Waals surface area contributed by atoms with Crippen molar-refractivity contribution in [3.8, 4) is 0 Å². The van der Waals surface area contributed by atoms with E-state index in [1.165, 1.54) is 0 Å². The molecule has 0 amide bonds. The molecule has 0 fully saturated rings. The van der Waals surface area contributed by atoms with Crippen LogP contribution in [0, 0.1) is 6.20 Å². The van der Waals surface area contributed by atoms with Crippen LogP contribution in [0.5, 0.6) is 0 Å². The molecule has 1 radical (unpaired) electrons. The van der Waals surface area contributed by atoms with Gasteiger partial charge in [-0.1, -0.05) is 6.07 Å². The summed E-state index contributed by atoms with van der Waals surface area (Å²) in [4.78, 5) is 3.77. The molecule has 1 aromatic rings. The third kappa shape index (κ3) is 2.82. The summed E-state index contributed by atoms with van der Waals surface area (Å²) in [6.45, 7) is 0. The fraction of sp³-hybridized carbons (Fsp3) is 0. The molecule has 1 heterocycles. The van der Waals surface area contributed by atoms with Crippen LogP contribution >= 0.6 is 15.9 Å². The van der Waals surface area contributed by atoms with Crippen molar-refractivity contribution in [3.63, 3.8) is 0 Å². The zero-order valence-corrected chi connectivity index (χ0v) is 5.14. The molecule has 0 saturated carbocycles. The zero-order chi connectivity index (χ0) is 5.11. The summed E-state index contributed by atoms with van der Waals surface area (Å²) in [7, 11) is 0. The zero-order valence-electron chi connectivity index (χ0n) is 3.56. The molecule has 0 unspecified atom stereocenters. The van der Waals surface area contributed by atoms with E-state index in [0.717, 1.165) is 4.60 Å². The molecule has 0 atom stereocenters. The first kappa shape index (κ1) is 8.63. The van der Waals surface area contributed by atoms with Gasteiger partial charge in [0.1, 0.15) is 4.60 Å². The average Bonchev–Trinajstić information content (AvgIpc) is 1.69. The number of pyridine rings is 1. The predicted molar refractivity (Wildman–Crippen MR) is 37.9 cm³/mol. The standard InChI is InChI=1S/C5H3BrN.Na.H/c6-5-3-1-2-4-7-5;;/h1-3H;;. The van der Waals surface area contributed by atoms with Gasteiger partial charge in [-0.2, -0.15) is 0 Å². The minimum atomic E-state index is 0. The molecule has 0 N–H and O–H groups in total. The molecule has 0 aromatic carbocycles. The van der Waals surface area contributed by atoms with Crippen molar-refractivity contribution in [2.45, 2.75) is 0 Å². The van der Waals surface area contributed by atoms with Gasteiger partial charge in [-0.05, 0) is 28.1 Å². The van der Waals surface area contributed by atoms with E-state index in [2.05, 4.69) is 27.1 Å². The van der Waals surface area contributed by atoms with Gasteiger partial charge >= 0.3 is 29.6 Å². The van der Waals surface area contributed by atoms with Crippen molar-refractivity contribution in [1.29, 1.82) is 0 Å². The summed E-state index contributed by atoms with van der Waals surface area (Å²) < 4.78 is 0.829. The summed E-state index contributed by atoms with van der Waals surface area (Å²) in [6.07, 6.45) is 2.66. The van der Waals surface area contributed by atoms with Gasteiger partial charge in [0.05, 0.1) is 6.20 Å². The molecule has 1 nitrogen and oxygen atoms in total. The number of halogens is 1. The van der Waals surface area contributed by atoms with Crippen LogP contribution in [0.4, 0.5) is 0 Å². The molecule has 3 heteroatoms. The fourth-order valence-corrected chi connectivity index (χ4v) is 0.562. The number of nitrogens with zero attached hydrogens (tertiary/aromatic N) is 1. The maximum absolute atomic E-state index is 3.77. The van der Waals surface area contributed by atoms with Gasteiger partial charge in [-0.15, -0.1) is 0 Å². The first-order chi connectivity index (χ1) is 3.39. The monoisotopic (exact) mass is 180 g/mol. The van der Waals surface area contributed by atoms with Gasteiger partial charge in [0.25, 0.3) is 0 Å². The molecular weight excluding hydrogens is 177 g/mol. The van der Waals surface area contributed by atoms with Crippen molar-refractivity contribution in [3.05, 3.63) is 29.0 Å². The van der Waals surface area contributed by atoms with Gasteiger partial charge in [-0.3, -0.25) is 0 Å². The van der Waals surface area contributed by atoms with E-state index in [1.807, 2.05) is 12.1 Å². The number of rotatable bonds is 0. The van der Waals surface area contributed by atoms with Crippen molar-refractivity contribution in [2.24, 2.45) is 0 Å². The van der Waals surface area contributed by atoms with Crippen molar-refractivity contribution < 1.29 is 0 Å². The van der Waals surface area contributed by atoms with E-state index in [1.54, 1.807) is 6.07 Å². The Morgan fingerprint density at radius 1 is 1.62 bits per heavy atom. The minimum absolute atomic E-state index is 0. The Kier molecular flexibility index (Phi) is 4.86. The van der Waals surface area contributed by atoms with Crippen LogP contribution in [0.15, 0.2) is 22.8 Å². The Labute approximate surface area is 78.9 Å². The molecule has 1 aromatic heterocycles. The maximum atomic E-state index is 3.77. The van der Waals surface area contributed by atoms with Crippen molar-refractivity contribution >= 4 is 45.5 Å². The van der Waals surface area contributed by atoms with Crippen LogP contribution < -0.4 is 0 Å². The second kappa shape index (κ2) is 4.50. The summed E-state index contributed by atoms with van der Waals surface area (Å²) in [5.41, 5.74) is 0. The van der Waals surface area contributed by atoms with E-state index < -0.39 is 0 Å². The Balaban J connectivity index is 0.000000490. The number of aromatic nitrogens is 1. The van der Waals surface area contributed by atoms with Crippen molar-refractivity contribution in [1.82, 2.24) is 4.98 Å². The molecular formula is C5H4BrNNa. The summed E-state index contributed by atoms with van der Waals surface area (Å²) in [5, 5.41) is 0. The normalized spacial score (nSPS) is 7.62. The van der Waals surface area contributed by atoms with Crippen LogP contribution in [0.2, 0.25) is 0 Å². The van der Waals surface area contributed by atoms with Gasteiger partial charge in [0, 0.05) is 0 Å². The van der Waals surface area contributed by atoms with Crippen LogP contribution in [0.25, 0.3) is 0 Å². The molecule has 37 valence electrons. The van der Waals surface area contributed by atoms with E-state index in [0.29, 0.717) is 0 Å². The first-order valence-electron chi connectivity index (χ1n) is 1.88. The molecule has 8 heavy (non-hydrogen) atoms. The van der Waals surface area contributed by atoms with E-state index in [9.17, 15) is 0 Å². The van der Waals surface area contributed by atoms with Gasteiger partial charge in [0.15, 0.2) is 0 Å². The predicted octanol–water partition coefficient (Wildman–Crippen LogP) is 0.996. The molecule has 0 saturated heterocycles. The second-order valence-electron chi connectivity index (χ2n) is 1.09. The molecule has 0 aliphatic carbocycles. The summed E-state index contributed by atoms with van der Waals surface area (Å²) in [6, 6.07) is 5.48. The Morgan fingerprint density at radius 2 is 2.38 bits per heavy atom. The van der Waals surface area contributed by atoms with Crippen LogP contribution in [-0.2, 0) is 0 Å². The SMILES string of the molecule is Brc1ccc[c]n1.[NaH]. The van der Waals surface area contributed by atoms with Crippen molar-refractivity contribution in [2.75, 3.05) is 0 Å². The summed E-state index contributed by atoms with van der Waals surface area (Å²) >= 11 is 3.17. The van der Waals surface area contributed by atoms with Crippen LogP contribution in [-0.4, -0.2) is 34.5 Å². The van der Waals surface area contributed by atoms with Crippen LogP contribution in [0.1, 0.15) is 0 Å². The van der Waals surface area contributed by atoms with Crippen LogP contribution in [0.3, 0.4) is 0 Å². The number of hydrogen-bond acceptors (Lipinski definition) is 1. The number of hydrogen-bond donors (Lipinski definition) is 0. The Hall–Kier alpha value is 0.630. The Bertz CT molecular complexity index is 142. The van der Waals surface area contributed by atoms with E-state index >= 15 is 0 Å². The van der Waals surface area contributed by atoms with Gasteiger partial charge in [0.2, 0.25) is 0 Å².